The minimum Gasteiger partial charge on any atom is -0.353 e. The van der Waals surface area contributed by atoms with Crippen LogP contribution in [-0.4, -0.2) is 15.9 Å². The van der Waals surface area contributed by atoms with Gasteiger partial charge in [-0.2, -0.15) is 0 Å². The molecule has 0 saturated carbocycles. The highest BCUT2D eigenvalue weighted by Crippen LogP contribution is 2.42. The summed E-state index contributed by atoms with van der Waals surface area (Å²) in [6, 6.07) is 14.9. The van der Waals surface area contributed by atoms with Crippen LogP contribution >= 0.6 is 0 Å². The fourth-order valence-electron chi connectivity index (χ4n) is 4.71. The molecule has 0 unspecified atom stereocenters. The first-order chi connectivity index (χ1) is 13.4. The standard InChI is InChI=1S/C24H21N3O/c1-24(2,3)12-8-9-17-14(10-12)19-20-15(11-25-23(20)28)18-13-6-4-5-7-16(13)26-21(18)22(19)27-17/h4-10,26-27H,11H2,1-3H3,(H,25,28). The van der Waals surface area contributed by atoms with Crippen molar-refractivity contribution < 1.29 is 4.79 Å². The zero-order valence-corrected chi connectivity index (χ0v) is 16.2. The van der Waals surface area contributed by atoms with E-state index in [1.54, 1.807) is 0 Å². The number of nitrogens with one attached hydrogen (secondary N) is 3. The zero-order valence-electron chi connectivity index (χ0n) is 16.2. The monoisotopic (exact) mass is 367 g/mol. The van der Waals surface area contributed by atoms with E-state index in [1.807, 2.05) is 6.07 Å². The molecule has 6 rings (SSSR count). The van der Waals surface area contributed by atoms with Gasteiger partial charge in [-0.05, 0) is 34.7 Å². The lowest BCUT2D eigenvalue weighted by molar-refractivity contribution is 0.0967. The van der Waals surface area contributed by atoms with Crippen LogP contribution in [0.4, 0.5) is 0 Å². The smallest absolute Gasteiger partial charge is 0.252 e. The fourth-order valence-corrected chi connectivity index (χ4v) is 4.71. The van der Waals surface area contributed by atoms with Gasteiger partial charge < -0.3 is 15.3 Å². The van der Waals surface area contributed by atoms with E-state index in [1.165, 1.54) is 10.9 Å². The SMILES string of the molecule is CC(C)(C)c1ccc2[nH]c3c4[nH]c5ccccc5c4c4c(c3c2c1)C(=O)NC4. The topological polar surface area (TPSA) is 60.7 Å². The second kappa shape index (κ2) is 4.96. The van der Waals surface area contributed by atoms with E-state index < -0.39 is 0 Å². The highest BCUT2D eigenvalue weighted by Gasteiger charge is 2.29. The van der Waals surface area contributed by atoms with Crippen LogP contribution in [0.2, 0.25) is 0 Å². The van der Waals surface area contributed by atoms with E-state index in [4.69, 9.17) is 0 Å². The third kappa shape index (κ3) is 1.87. The van der Waals surface area contributed by atoms with Gasteiger partial charge in [-0.3, -0.25) is 4.79 Å². The molecule has 0 bridgehead atoms. The predicted molar refractivity (Wildman–Crippen MR) is 115 cm³/mol. The number of aromatic amines is 2. The molecular formula is C24H21N3O. The number of hydrogen-bond donors (Lipinski definition) is 3. The molecule has 3 N–H and O–H groups in total. The molecule has 0 spiro atoms. The fraction of sp³-hybridized carbons (Fsp3) is 0.208. The first kappa shape index (κ1) is 15.8. The zero-order chi connectivity index (χ0) is 19.2. The highest BCUT2D eigenvalue weighted by molar-refractivity contribution is 6.30. The first-order valence-electron chi connectivity index (χ1n) is 9.73. The van der Waals surface area contributed by atoms with Crippen LogP contribution in [-0.2, 0) is 12.0 Å². The molecule has 1 aliphatic rings. The van der Waals surface area contributed by atoms with Crippen LogP contribution in [0.25, 0.3) is 43.6 Å². The van der Waals surface area contributed by atoms with Gasteiger partial charge in [0.15, 0.2) is 0 Å². The molecule has 2 aromatic heterocycles. The first-order valence-corrected chi connectivity index (χ1v) is 9.73. The van der Waals surface area contributed by atoms with Gasteiger partial charge in [-0.15, -0.1) is 0 Å². The summed E-state index contributed by atoms with van der Waals surface area (Å²) in [7, 11) is 0. The van der Waals surface area contributed by atoms with Gasteiger partial charge in [0.2, 0.25) is 0 Å². The Morgan fingerprint density at radius 3 is 2.36 bits per heavy atom. The summed E-state index contributed by atoms with van der Waals surface area (Å²) in [5, 5.41) is 7.53. The maximum absolute atomic E-state index is 12.9. The van der Waals surface area contributed by atoms with E-state index in [0.29, 0.717) is 6.54 Å². The third-order valence-corrected chi connectivity index (χ3v) is 6.13. The molecule has 5 aromatic rings. The normalized spacial score (nSPS) is 14.5. The lowest BCUT2D eigenvalue weighted by atomic mass is 9.86. The predicted octanol–water partition coefficient (Wildman–Crippen LogP) is 5.50. The molecule has 3 aromatic carbocycles. The van der Waals surface area contributed by atoms with E-state index in [-0.39, 0.29) is 11.3 Å². The van der Waals surface area contributed by atoms with Crippen molar-refractivity contribution in [3.05, 3.63) is 59.2 Å². The number of aromatic nitrogens is 2. The van der Waals surface area contributed by atoms with Crippen molar-refractivity contribution in [2.24, 2.45) is 0 Å². The summed E-state index contributed by atoms with van der Waals surface area (Å²) in [6.45, 7) is 7.23. The Bertz CT molecular complexity index is 1460. The van der Waals surface area contributed by atoms with Crippen LogP contribution in [0.5, 0.6) is 0 Å². The molecule has 0 saturated heterocycles. The molecule has 0 radical (unpaired) electrons. The number of carbonyl (C=O) groups excluding carboxylic acids is 1. The number of para-hydroxylation sites is 1. The van der Waals surface area contributed by atoms with Crippen molar-refractivity contribution in [1.82, 2.24) is 15.3 Å². The average Bonchev–Trinajstić information content (AvgIpc) is 3.33. The molecule has 0 fully saturated rings. The Labute approximate surface area is 161 Å². The largest absolute Gasteiger partial charge is 0.353 e. The van der Waals surface area contributed by atoms with Crippen LogP contribution in [0.3, 0.4) is 0 Å². The highest BCUT2D eigenvalue weighted by atomic mass is 16.1. The molecule has 0 aliphatic carbocycles. The van der Waals surface area contributed by atoms with Gasteiger partial charge in [0.05, 0.1) is 16.6 Å². The van der Waals surface area contributed by atoms with Crippen LogP contribution in [0.15, 0.2) is 42.5 Å². The van der Waals surface area contributed by atoms with Gasteiger partial charge in [0.25, 0.3) is 5.91 Å². The Balaban J connectivity index is 1.89. The Hall–Kier alpha value is -3.27. The number of rotatable bonds is 0. The number of benzene rings is 3. The molecule has 4 nitrogen and oxygen atoms in total. The summed E-state index contributed by atoms with van der Waals surface area (Å²) in [5.41, 5.74) is 7.51. The van der Waals surface area contributed by atoms with Crippen LogP contribution < -0.4 is 5.32 Å². The number of amides is 1. The van der Waals surface area contributed by atoms with Gasteiger partial charge in [-0.1, -0.05) is 45.0 Å². The van der Waals surface area contributed by atoms with Crippen molar-refractivity contribution in [3.63, 3.8) is 0 Å². The lowest BCUT2D eigenvalue weighted by Crippen LogP contribution is -2.12. The molecule has 28 heavy (non-hydrogen) atoms. The number of fused-ring (bicyclic) bond motifs is 10. The molecule has 138 valence electrons. The lowest BCUT2D eigenvalue weighted by Gasteiger charge is -2.19. The molecule has 4 heteroatoms. The molecule has 0 atom stereocenters. The Kier molecular flexibility index (Phi) is 2.79. The van der Waals surface area contributed by atoms with E-state index in [0.717, 1.165) is 49.4 Å². The average molecular weight is 367 g/mol. The van der Waals surface area contributed by atoms with Crippen LogP contribution in [0.1, 0.15) is 42.3 Å². The van der Waals surface area contributed by atoms with Gasteiger partial charge in [-0.25, -0.2) is 0 Å². The Morgan fingerprint density at radius 2 is 1.57 bits per heavy atom. The maximum Gasteiger partial charge on any atom is 0.252 e. The van der Waals surface area contributed by atoms with Crippen molar-refractivity contribution in [2.75, 3.05) is 0 Å². The minimum atomic E-state index is 0.0224. The van der Waals surface area contributed by atoms with Crippen molar-refractivity contribution in [1.29, 1.82) is 0 Å². The van der Waals surface area contributed by atoms with Gasteiger partial charge in [0.1, 0.15) is 0 Å². The summed E-state index contributed by atoms with van der Waals surface area (Å²) >= 11 is 0. The number of H-pyrrole nitrogens is 2. The molecule has 1 amide bonds. The summed E-state index contributed by atoms with van der Waals surface area (Å²) in [4.78, 5) is 20.1. The van der Waals surface area contributed by atoms with E-state index in [9.17, 15) is 4.79 Å². The van der Waals surface area contributed by atoms with Crippen molar-refractivity contribution in [3.8, 4) is 0 Å². The number of carbonyl (C=O) groups is 1. The van der Waals surface area contributed by atoms with Crippen LogP contribution in [0, 0.1) is 0 Å². The maximum atomic E-state index is 12.9. The minimum absolute atomic E-state index is 0.0224. The second-order valence-electron chi connectivity index (χ2n) is 8.84. The third-order valence-electron chi connectivity index (χ3n) is 6.13. The van der Waals surface area contributed by atoms with E-state index in [2.05, 4.69) is 72.5 Å². The van der Waals surface area contributed by atoms with E-state index >= 15 is 0 Å². The van der Waals surface area contributed by atoms with Gasteiger partial charge >= 0.3 is 0 Å². The van der Waals surface area contributed by atoms with Crippen molar-refractivity contribution >= 4 is 49.5 Å². The van der Waals surface area contributed by atoms with Crippen molar-refractivity contribution in [2.45, 2.75) is 32.7 Å². The molecule has 1 aliphatic heterocycles. The second-order valence-corrected chi connectivity index (χ2v) is 8.84. The molecular weight excluding hydrogens is 346 g/mol. The quantitative estimate of drug-likeness (QED) is 0.333. The summed E-state index contributed by atoms with van der Waals surface area (Å²) in [6.07, 6.45) is 0. The summed E-state index contributed by atoms with van der Waals surface area (Å²) in [5.74, 6) is 0.0224. The number of hydrogen-bond acceptors (Lipinski definition) is 1. The summed E-state index contributed by atoms with van der Waals surface area (Å²) < 4.78 is 0. The molecule has 3 heterocycles. The van der Waals surface area contributed by atoms with Gasteiger partial charge in [0, 0.05) is 39.1 Å². The Morgan fingerprint density at radius 1 is 0.857 bits per heavy atom.